The van der Waals surface area contributed by atoms with E-state index in [9.17, 15) is 5.11 Å². The van der Waals surface area contributed by atoms with Gasteiger partial charge in [-0.15, -0.1) is 11.3 Å². The molecule has 0 radical (unpaired) electrons. The molecule has 0 aliphatic rings. The molecule has 21 heavy (non-hydrogen) atoms. The first-order chi connectivity index (χ1) is 10.2. The van der Waals surface area contributed by atoms with Crippen LogP contribution in [0.25, 0.3) is 11.3 Å². The second kappa shape index (κ2) is 5.97. The number of thiazole rings is 1. The van der Waals surface area contributed by atoms with E-state index in [0.29, 0.717) is 12.3 Å². The Labute approximate surface area is 127 Å². The maximum absolute atomic E-state index is 9.77. The predicted octanol–water partition coefficient (Wildman–Crippen LogP) is 4.44. The van der Waals surface area contributed by atoms with Gasteiger partial charge >= 0.3 is 0 Å². The minimum Gasteiger partial charge on any atom is -0.508 e. The van der Waals surface area contributed by atoms with Crippen molar-refractivity contribution in [1.82, 2.24) is 4.98 Å². The Bertz CT molecular complexity index is 738. The summed E-state index contributed by atoms with van der Waals surface area (Å²) in [6.07, 6.45) is 0. The van der Waals surface area contributed by atoms with Crippen molar-refractivity contribution in [3.8, 4) is 17.0 Å². The molecule has 106 valence electrons. The van der Waals surface area contributed by atoms with Crippen LogP contribution in [0.5, 0.6) is 5.75 Å². The summed E-state index contributed by atoms with van der Waals surface area (Å²) < 4.78 is 0. The van der Waals surface area contributed by atoms with Gasteiger partial charge in [0.05, 0.1) is 5.69 Å². The Morgan fingerprint density at radius 2 is 1.76 bits per heavy atom. The van der Waals surface area contributed by atoms with Crippen molar-refractivity contribution < 1.29 is 5.11 Å². The third kappa shape index (κ3) is 3.06. The van der Waals surface area contributed by atoms with Crippen molar-refractivity contribution in [3.05, 3.63) is 65.0 Å². The van der Waals surface area contributed by atoms with Gasteiger partial charge in [0.1, 0.15) is 5.75 Å². The Kier molecular flexibility index (Phi) is 3.88. The highest BCUT2D eigenvalue weighted by Gasteiger charge is 2.09. The highest BCUT2D eigenvalue weighted by atomic mass is 32.1. The lowest BCUT2D eigenvalue weighted by atomic mass is 10.1. The van der Waals surface area contributed by atoms with Gasteiger partial charge in [0.15, 0.2) is 5.13 Å². The van der Waals surface area contributed by atoms with E-state index in [4.69, 9.17) is 0 Å². The fraction of sp³-hybridized carbons (Fsp3) is 0.118. The number of aryl methyl sites for hydroxylation is 1. The van der Waals surface area contributed by atoms with Crippen LogP contribution in [0.1, 0.15) is 10.4 Å². The fourth-order valence-electron chi connectivity index (χ4n) is 2.17. The monoisotopic (exact) mass is 296 g/mol. The Morgan fingerprint density at radius 3 is 2.52 bits per heavy atom. The van der Waals surface area contributed by atoms with Gasteiger partial charge in [-0.1, -0.05) is 48.5 Å². The molecular formula is C17H16N2OS. The molecule has 0 aliphatic carbocycles. The average Bonchev–Trinajstić information content (AvgIpc) is 2.88. The molecule has 4 heteroatoms. The van der Waals surface area contributed by atoms with Crippen molar-refractivity contribution in [2.75, 3.05) is 5.32 Å². The molecule has 0 spiro atoms. The van der Waals surface area contributed by atoms with Gasteiger partial charge in [-0.3, -0.25) is 0 Å². The van der Waals surface area contributed by atoms with Crippen LogP contribution >= 0.6 is 11.3 Å². The molecule has 3 rings (SSSR count). The number of phenols is 1. The molecule has 3 nitrogen and oxygen atoms in total. The van der Waals surface area contributed by atoms with Crippen molar-refractivity contribution in [2.24, 2.45) is 0 Å². The normalized spacial score (nSPS) is 10.5. The van der Waals surface area contributed by atoms with E-state index in [1.54, 1.807) is 17.4 Å². The first-order valence-electron chi connectivity index (χ1n) is 6.77. The summed E-state index contributed by atoms with van der Waals surface area (Å²) in [6.45, 7) is 2.64. The van der Waals surface area contributed by atoms with E-state index in [1.165, 1.54) is 4.88 Å². The molecule has 0 amide bonds. The van der Waals surface area contributed by atoms with E-state index in [1.807, 2.05) is 36.4 Å². The van der Waals surface area contributed by atoms with Gasteiger partial charge in [0.25, 0.3) is 0 Å². The molecule has 0 aliphatic heterocycles. The molecule has 2 N–H and O–H groups in total. The number of para-hydroxylation sites is 1. The highest BCUT2D eigenvalue weighted by Crippen LogP contribution is 2.30. The number of hydrogen-bond donors (Lipinski definition) is 2. The lowest BCUT2D eigenvalue weighted by Gasteiger charge is -2.04. The second-order valence-corrected chi connectivity index (χ2v) is 5.98. The number of nitrogens with one attached hydrogen (secondary N) is 1. The third-order valence-electron chi connectivity index (χ3n) is 3.27. The molecular weight excluding hydrogens is 280 g/mol. The van der Waals surface area contributed by atoms with Crippen LogP contribution in [0, 0.1) is 6.92 Å². The molecule has 1 heterocycles. The molecule has 0 fully saturated rings. The maximum Gasteiger partial charge on any atom is 0.183 e. The van der Waals surface area contributed by atoms with Crippen LogP contribution < -0.4 is 5.32 Å². The van der Waals surface area contributed by atoms with Gasteiger partial charge in [-0.25, -0.2) is 4.98 Å². The van der Waals surface area contributed by atoms with Crippen LogP contribution in [0.3, 0.4) is 0 Å². The number of aromatic hydroxyl groups is 1. The first-order valence-corrected chi connectivity index (χ1v) is 7.59. The molecule has 3 aromatic rings. The van der Waals surface area contributed by atoms with Crippen molar-refractivity contribution >= 4 is 16.5 Å². The number of anilines is 1. The summed E-state index contributed by atoms with van der Waals surface area (Å²) in [5.41, 5.74) is 3.01. The molecule has 1 aromatic heterocycles. The zero-order chi connectivity index (χ0) is 14.7. The molecule has 0 saturated heterocycles. The van der Waals surface area contributed by atoms with Gasteiger partial charge in [0, 0.05) is 22.5 Å². The van der Waals surface area contributed by atoms with Gasteiger partial charge < -0.3 is 10.4 Å². The summed E-state index contributed by atoms with van der Waals surface area (Å²) in [7, 11) is 0. The summed E-state index contributed by atoms with van der Waals surface area (Å²) in [6, 6.07) is 17.5. The van der Waals surface area contributed by atoms with E-state index >= 15 is 0 Å². The van der Waals surface area contributed by atoms with Crippen LogP contribution in [0.15, 0.2) is 54.6 Å². The van der Waals surface area contributed by atoms with E-state index in [0.717, 1.165) is 22.0 Å². The number of hydrogen-bond acceptors (Lipinski definition) is 4. The van der Waals surface area contributed by atoms with E-state index in [-0.39, 0.29) is 0 Å². The standard InChI is InChI=1S/C17H16N2OS/c1-12-16(13-7-3-2-4-8-13)19-17(21-12)18-11-14-9-5-6-10-15(14)20/h2-10,20H,11H2,1H3,(H,18,19). The Hall–Kier alpha value is -2.33. The number of benzene rings is 2. The summed E-state index contributed by atoms with van der Waals surface area (Å²) in [4.78, 5) is 5.83. The molecule has 0 unspecified atom stereocenters. The average molecular weight is 296 g/mol. The second-order valence-electron chi connectivity index (χ2n) is 4.77. The molecule has 2 aromatic carbocycles. The third-order valence-corrected chi connectivity index (χ3v) is 4.19. The predicted molar refractivity (Wildman–Crippen MR) is 87.7 cm³/mol. The fourth-order valence-corrected chi connectivity index (χ4v) is 3.00. The van der Waals surface area contributed by atoms with Crippen molar-refractivity contribution in [1.29, 1.82) is 0 Å². The summed E-state index contributed by atoms with van der Waals surface area (Å²) in [5, 5.41) is 13.9. The smallest absolute Gasteiger partial charge is 0.183 e. The van der Waals surface area contributed by atoms with E-state index < -0.39 is 0 Å². The molecule has 0 atom stereocenters. The molecule has 0 bridgehead atoms. The van der Waals surface area contributed by atoms with Crippen molar-refractivity contribution in [2.45, 2.75) is 13.5 Å². The molecule has 0 saturated carbocycles. The Morgan fingerprint density at radius 1 is 1.05 bits per heavy atom. The lowest BCUT2D eigenvalue weighted by molar-refractivity contribution is 0.469. The Balaban J connectivity index is 1.78. The number of nitrogens with zero attached hydrogens (tertiary/aromatic N) is 1. The van der Waals surface area contributed by atoms with Crippen LogP contribution in [-0.2, 0) is 6.54 Å². The minimum atomic E-state index is 0.307. The largest absolute Gasteiger partial charge is 0.508 e. The van der Waals surface area contributed by atoms with Gasteiger partial charge in [-0.05, 0) is 13.0 Å². The van der Waals surface area contributed by atoms with Crippen LogP contribution in [0.2, 0.25) is 0 Å². The topological polar surface area (TPSA) is 45.1 Å². The zero-order valence-electron chi connectivity index (χ0n) is 11.7. The zero-order valence-corrected chi connectivity index (χ0v) is 12.5. The highest BCUT2D eigenvalue weighted by molar-refractivity contribution is 7.15. The first kappa shape index (κ1) is 13.6. The minimum absolute atomic E-state index is 0.307. The number of rotatable bonds is 4. The number of aromatic nitrogens is 1. The number of phenolic OH excluding ortho intramolecular Hbond substituents is 1. The van der Waals surface area contributed by atoms with Gasteiger partial charge in [0.2, 0.25) is 0 Å². The maximum atomic E-state index is 9.77. The van der Waals surface area contributed by atoms with Crippen LogP contribution in [-0.4, -0.2) is 10.1 Å². The van der Waals surface area contributed by atoms with Gasteiger partial charge in [-0.2, -0.15) is 0 Å². The summed E-state index contributed by atoms with van der Waals surface area (Å²) in [5.74, 6) is 0.307. The summed E-state index contributed by atoms with van der Waals surface area (Å²) >= 11 is 1.63. The quantitative estimate of drug-likeness (QED) is 0.748. The lowest BCUT2D eigenvalue weighted by Crippen LogP contribution is -1.99. The SMILES string of the molecule is Cc1sc(NCc2ccccc2O)nc1-c1ccccc1. The van der Waals surface area contributed by atoms with Crippen LogP contribution in [0.4, 0.5) is 5.13 Å². The van der Waals surface area contributed by atoms with E-state index in [2.05, 4.69) is 29.4 Å². The van der Waals surface area contributed by atoms with Crippen molar-refractivity contribution in [3.63, 3.8) is 0 Å².